The summed E-state index contributed by atoms with van der Waals surface area (Å²) >= 11 is 0. The van der Waals surface area contributed by atoms with Crippen LogP contribution in [0.5, 0.6) is 11.5 Å². The molecule has 0 aliphatic rings. The number of nitrogens with zero attached hydrogens (tertiary/aromatic N) is 2. The number of carbonyl (C=O) groups is 2. The highest BCUT2D eigenvalue weighted by Gasteiger charge is 2.19. The second-order valence-electron chi connectivity index (χ2n) is 5.38. The van der Waals surface area contributed by atoms with Gasteiger partial charge in [-0.15, -0.1) is 0 Å². The van der Waals surface area contributed by atoms with Crippen LogP contribution in [0.1, 0.15) is 19.4 Å². The van der Waals surface area contributed by atoms with Gasteiger partial charge >= 0.3 is 0 Å². The van der Waals surface area contributed by atoms with Gasteiger partial charge in [0.25, 0.3) is 11.8 Å². The monoisotopic (exact) mass is 345 g/mol. The van der Waals surface area contributed by atoms with E-state index in [0.717, 1.165) is 0 Å². The van der Waals surface area contributed by atoms with Crippen molar-refractivity contribution >= 4 is 17.9 Å². The van der Waals surface area contributed by atoms with Crippen LogP contribution in [0.15, 0.2) is 23.8 Å². The van der Waals surface area contributed by atoms with Gasteiger partial charge in [0.15, 0.2) is 17.6 Å². The van der Waals surface area contributed by atoms with Gasteiger partial charge in [-0.1, -0.05) is 6.07 Å². The molecule has 0 bridgehead atoms. The molecule has 0 aliphatic heterocycles. The van der Waals surface area contributed by atoms with Gasteiger partial charge in [0.05, 0.1) is 6.61 Å². The molecule has 0 fully saturated rings. The molecule has 0 saturated carbocycles. The summed E-state index contributed by atoms with van der Waals surface area (Å²) in [5, 5.41) is 11.5. The van der Waals surface area contributed by atoms with Crippen LogP contribution in [0.4, 0.5) is 0 Å². The molecule has 0 saturated heterocycles. The Hall–Kier alpha value is -3.01. The highest BCUT2D eigenvalue weighted by Crippen LogP contribution is 2.30. The van der Waals surface area contributed by atoms with E-state index in [4.69, 9.17) is 14.7 Å². The van der Waals surface area contributed by atoms with Gasteiger partial charge in [0.1, 0.15) is 11.6 Å². The standard InChI is InChI=1S/C18H23N3O4/c1-6-24-16-10-13(9-14(11-19)17(22)20-3)7-8-15(16)25-12(2)18(23)21(4)5/h7-10,12H,6H2,1-5H3,(H,20,22)/b14-9+/t12-/m1/s1. The van der Waals surface area contributed by atoms with E-state index in [-0.39, 0.29) is 11.5 Å². The Labute approximate surface area is 147 Å². The molecule has 1 rings (SSSR count). The van der Waals surface area contributed by atoms with Crippen LogP contribution in [-0.2, 0) is 9.59 Å². The summed E-state index contributed by atoms with van der Waals surface area (Å²) < 4.78 is 11.3. The maximum atomic E-state index is 11.9. The van der Waals surface area contributed by atoms with E-state index in [0.29, 0.717) is 23.7 Å². The third kappa shape index (κ3) is 5.53. The lowest BCUT2D eigenvalue weighted by atomic mass is 10.1. The second-order valence-corrected chi connectivity index (χ2v) is 5.38. The van der Waals surface area contributed by atoms with Crippen molar-refractivity contribution < 1.29 is 19.1 Å². The lowest BCUT2D eigenvalue weighted by Gasteiger charge is -2.20. The predicted octanol–water partition coefficient (Wildman–Crippen LogP) is 1.59. The topological polar surface area (TPSA) is 91.7 Å². The summed E-state index contributed by atoms with van der Waals surface area (Å²) in [5.74, 6) is 0.216. The smallest absolute Gasteiger partial charge is 0.262 e. The average molecular weight is 345 g/mol. The maximum Gasteiger partial charge on any atom is 0.262 e. The molecule has 1 atom stereocenters. The van der Waals surface area contributed by atoms with Gasteiger partial charge in [0, 0.05) is 21.1 Å². The van der Waals surface area contributed by atoms with Gasteiger partial charge in [-0.3, -0.25) is 9.59 Å². The van der Waals surface area contributed by atoms with E-state index in [1.807, 2.05) is 13.0 Å². The molecule has 0 heterocycles. The number of benzene rings is 1. The molecule has 7 heteroatoms. The summed E-state index contributed by atoms with van der Waals surface area (Å²) in [4.78, 5) is 25.0. The Morgan fingerprint density at radius 3 is 2.56 bits per heavy atom. The van der Waals surface area contributed by atoms with E-state index >= 15 is 0 Å². The molecular weight excluding hydrogens is 322 g/mol. The molecule has 134 valence electrons. The summed E-state index contributed by atoms with van der Waals surface area (Å²) in [6.45, 7) is 3.89. The molecule has 0 radical (unpaired) electrons. The minimum Gasteiger partial charge on any atom is -0.490 e. The van der Waals surface area contributed by atoms with Gasteiger partial charge in [-0.25, -0.2) is 0 Å². The van der Waals surface area contributed by atoms with Crippen LogP contribution in [0.25, 0.3) is 6.08 Å². The van der Waals surface area contributed by atoms with Gasteiger partial charge in [-0.2, -0.15) is 5.26 Å². The molecule has 1 aromatic carbocycles. The van der Waals surface area contributed by atoms with Crippen molar-refractivity contribution in [2.24, 2.45) is 0 Å². The van der Waals surface area contributed by atoms with Crippen LogP contribution in [-0.4, -0.2) is 50.6 Å². The lowest BCUT2D eigenvalue weighted by Crippen LogP contribution is -2.35. The van der Waals surface area contributed by atoms with Crippen LogP contribution in [0.3, 0.4) is 0 Å². The van der Waals surface area contributed by atoms with Gasteiger partial charge < -0.3 is 19.7 Å². The molecule has 2 amide bonds. The van der Waals surface area contributed by atoms with Crippen molar-refractivity contribution in [1.82, 2.24) is 10.2 Å². The fourth-order valence-electron chi connectivity index (χ4n) is 2.03. The molecule has 0 aliphatic carbocycles. The summed E-state index contributed by atoms with van der Waals surface area (Å²) in [6, 6.07) is 6.85. The fourth-order valence-corrected chi connectivity index (χ4v) is 2.03. The van der Waals surface area contributed by atoms with Crippen LogP contribution in [0, 0.1) is 11.3 Å². The van der Waals surface area contributed by atoms with E-state index in [2.05, 4.69) is 5.32 Å². The number of hydrogen-bond donors (Lipinski definition) is 1. The summed E-state index contributed by atoms with van der Waals surface area (Å²) in [6.07, 6.45) is 0.788. The first-order valence-corrected chi connectivity index (χ1v) is 7.82. The minimum atomic E-state index is -0.670. The van der Waals surface area contributed by atoms with E-state index < -0.39 is 12.0 Å². The zero-order valence-corrected chi connectivity index (χ0v) is 15.1. The Balaban J connectivity index is 3.15. The minimum absolute atomic E-state index is 0.0187. The molecule has 25 heavy (non-hydrogen) atoms. The Kier molecular flexibility index (Phi) is 7.47. The van der Waals surface area contributed by atoms with E-state index in [9.17, 15) is 9.59 Å². The van der Waals surface area contributed by atoms with Gasteiger partial charge in [-0.05, 0) is 37.6 Å². The number of amides is 2. The van der Waals surface area contributed by atoms with Crippen LogP contribution >= 0.6 is 0 Å². The molecule has 1 N–H and O–H groups in total. The summed E-state index contributed by atoms with van der Waals surface area (Å²) in [7, 11) is 4.77. The Morgan fingerprint density at radius 2 is 2.04 bits per heavy atom. The first kappa shape index (κ1) is 20.0. The third-order valence-electron chi connectivity index (χ3n) is 3.26. The number of nitriles is 1. The van der Waals surface area contributed by atoms with Crippen molar-refractivity contribution in [3.05, 3.63) is 29.3 Å². The largest absolute Gasteiger partial charge is 0.490 e. The van der Waals surface area contributed by atoms with Crippen molar-refractivity contribution in [3.63, 3.8) is 0 Å². The molecule has 0 spiro atoms. The Bertz CT molecular complexity index is 705. The molecule has 1 aromatic rings. The first-order valence-electron chi connectivity index (χ1n) is 7.82. The third-order valence-corrected chi connectivity index (χ3v) is 3.26. The lowest BCUT2D eigenvalue weighted by molar-refractivity contribution is -0.135. The average Bonchev–Trinajstić information content (AvgIpc) is 2.60. The van der Waals surface area contributed by atoms with Crippen LogP contribution < -0.4 is 14.8 Å². The molecule has 7 nitrogen and oxygen atoms in total. The second kappa shape index (κ2) is 9.33. The Morgan fingerprint density at radius 1 is 1.36 bits per heavy atom. The van der Waals surface area contributed by atoms with Crippen LogP contribution in [0.2, 0.25) is 0 Å². The quantitative estimate of drug-likeness (QED) is 0.598. The summed E-state index contributed by atoms with van der Waals surface area (Å²) in [5.41, 5.74) is 0.595. The number of carbonyl (C=O) groups excluding carboxylic acids is 2. The highest BCUT2D eigenvalue weighted by atomic mass is 16.5. The SMILES string of the molecule is CCOc1cc(/C=C(\C#N)C(=O)NC)ccc1O[C@H](C)C(=O)N(C)C. The number of likely N-dealkylation sites (N-methyl/N-ethyl adjacent to an activating group) is 2. The molecular formula is C18H23N3O4. The number of rotatable bonds is 7. The van der Waals surface area contributed by atoms with E-state index in [1.54, 1.807) is 39.2 Å². The maximum absolute atomic E-state index is 11.9. The fraction of sp³-hybridized carbons (Fsp3) is 0.389. The van der Waals surface area contributed by atoms with Crippen molar-refractivity contribution in [2.75, 3.05) is 27.7 Å². The molecule has 0 unspecified atom stereocenters. The first-order chi connectivity index (χ1) is 11.8. The van der Waals surface area contributed by atoms with E-state index in [1.165, 1.54) is 18.0 Å². The number of hydrogen-bond acceptors (Lipinski definition) is 5. The van der Waals surface area contributed by atoms with Crippen molar-refractivity contribution in [1.29, 1.82) is 5.26 Å². The van der Waals surface area contributed by atoms with Crippen molar-refractivity contribution in [2.45, 2.75) is 20.0 Å². The van der Waals surface area contributed by atoms with Gasteiger partial charge in [0.2, 0.25) is 0 Å². The zero-order chi connectivity index (χ0) is 19.0. The number of ether oxygens (including phenoxy) is 2. The zero-order valence-electron chi connectivity index (χ0n) is 15.1. The molecule has 0 aromatic heterocycles. The number of nitrogens with one attached hydrogen (secondary N) is 1. The van der Waals surface area contributed by atoms with Crippen molar-refractivity contribution in [3.8, 4) is 17.6 Å². The highest BCUT2D eigenvalue weighted by molar-refractivity contribution is 6.01. The predicted molar refractivity (Wildman–Crippen MR) is 94.1 cm³/mol. The normalized spacial score (nSPS) is 11.9.